The molecule has 1 aliphatic heterocycles. The molecule has 6 heteroatoms. The highest BCUT2D eigenvalue weighted by Crippen LogP contribution is 2.34. The van der Waals surface area contributed by atoms with E-state index in [4.69, 9.17) is 0 Å². The molecule has 0 aromatic carbocycles. The Morgan fingerprint density at radius 1 is 1.50 bits per heavy atom. The first-order valence-electron chi connectivity index (χ1n) is 6.13. The average Bonchev–Trinajstić information content (AvgIpc) is 3.08. The molecule has 5 nitrogen and oxygen atoms in total. The maximum Gasteiger partial charge on any atom is 0.246 e. The summed E-state index contributed by atoms with van der Waals surface area (Å²) in [4.78, 5) is 30.8. The quantitative estimate of drug-likeness (QED) is 0.874. The Morgan fingerprint density at radius 2 is 2.28 bits per heavy atom. The molecule has 1 aromatic rings. The number of carbonyl (C=O) groups excluding carboxylic acids is 2. The first kappa shape index (κ1) is 11.6. The summed E-state index contributed by atoms with van der Waals surface area (Å²) in [6.07, 6.45) is 3.88. The summed E-state index contributed by atoms with van der Waals surface area (Å²) in [5, 5.41) is 3.79. The van der Waals surface area contributed by atoms with Crippen LogP contribution in [0.5, 0.6) is 0 Å². The van der Waals surface area contributed by atoms with Gasteiger partial charge >= 0.3 is 0 Å². The first-order chi connectivity index (χ1) is 8.63. The van der Waals surface area contributed by atoms with E-state index >= 15 is 0 Å². The SMILES string of the molecule is Cc1ncc(CN2CC(=O)NC(C3CC3)C2=O)s1. The third-order valence-corrected chi connectivity index (χ3v) is 4.24. The maximum atomic E-state index is 12.3. The molecule has 18 heavy (non-hydrogen) atoms. The van der Waals surface area contributed by atoms with E-state index in [0.717, 1.165) is 22.7 Å². The molecule has 1 aliphatic carbocycles. The van der Waals surface area contributed by atoms with Crippen molar-refractivity contribution < 1.29 is 9.59 Å². The van der Waals surface area contributed by atoms with Gasteiger partial charge in [-0.25, -0.2) is 4.98 Å². The summed E-state index contributed by atoms with van der Waals surface area (Å²) in [6, 6.07) is -0.291. The van der Waals surface area contributed by atoms with Gasteiger partial charge in [0.25, 0.3) is 0 Å². The molecule has 1 atom stereocenters. The van der Waals surface area contributed by atoms with Gasteiger partial charge in [0.2, 0.25) is 11.8 Å². The van der Waals surface area contributed by atoms with Crippen LogP contribution in [0.4, 0.5) is 0 Å². The third-order valence-electron chi connectivity index (χ3n) is 3.34. The fourth-order valence-electron chi connectivity index (χ4n) is 2.28. The van der Waals surface area contributed by atoms with Crippen LogP contribution in [-0.4, -0.2) is 34.3 Å². The van der Waals surface area contributed by atoms with Crippen LogP contribution in [0.1, 0.15) is 22.7 Å². The molecule has 2 fully saturated rings. The first-order valence-corrected chi connectivity index (χ1v) is 6.94. The summed E-state index contributed by atoms with van der Waals surface area (Å²) in [7, 11) is 0. The second-order valence-corrected chi connectivity index (χ2v) is 6.24. The third kappa shape index (κ3) is 2.25. The molecule has 3 rings (SSSR count). The lowest BCUT2D eigenvalue weighted by atomic mass is 10.1. The molecule has 2 aliphatic rings. The van der Waals surface area contributed by atoms with Crippen LogP contribution in [0.15, 0.2) is 6.20 Å². The van der Waals surface area contributed by atoms with Crippen molar-refractivity contribution in [1.29, 1.82) is 0 Å². The maximum absolute atomic E-state index is 12.3. The number of aryl methyl sites for hydroxylation is 1. The smallest absolute Gasteiger partial charge is 0.246 e. The van der Waals surface area contributed by atoms with E-state index in [1.165, 1.54) is 0 Å². The number of rotatable bonds is 3. The van der Waals surface area contributed by atoms with Crippen LogP contribution >= 0.6 is 11.3 Å². The molecule has 96 valence electrons. The van der Waals surface area contributed by atoms with Gasteiger partial charge < -0.3 is 10.2 Å². The van der Waals surface area contributed by atoms with E-state index < -0.39 is 0 Å². The number of aromatic nitrogens is 1. The average molecular weight is 265 g/mol. The van der Waals surface area contributed by atoms with Crippen molar-refractivity contribution >= 4 is 23.2 Å². The van der Waals surface area contributed by atoms with Crippen LogP contribution in [-0.2, 0) is 16.1 Å². The van der Waals surface area contributed by atoms with Gasteiger partial charge in [0, 0.05) is 11.1 Å². The molecule has 0 radical (unpaired) electrons. The molecule has 1 aromatic heterocycles. The van der Waals surface area contributed by atoms with Crippen LogP contribution in [0.25, 0.3) is 0 Å². The number of amides is 2. The molecule has 1 unspecified atom stereocenters. The number of nitrogens with one attached hydrogen (secondary N) is 1. The van der Waals surface area contributed by atoms with E-state index in [-0.39, 0.29) is 24.4 Å². The second kappa shape index (κ2) is 4.35. The Balaban J connectivity index is 1.73. The molecule has 2 heterocycles. The minimum atomic E-state index is -0.291. The summed E-state index contributed by atoms with van der Waals surface area (Å²) in [5.41, 5.74) is 0. The van der Waals surface area contributed by atoms with Gasteiger partial charge in [-0.05, 0) is 25.7 Å². The Labute approximate surface area is 109 Å². The van der Waals surface area contributed by atoms with Crippen LogP contribution in [0.2, 0.25) is 0 Å². The van der Waals surface area contributed by atoms with Crippen molar-refractivity contribution in [3.8, 4) is 0 Å². The van der Waals surface area contributed by atoms with E-state index in [1.54, 1.807) is 22.4 Å². The molecular formula is C12H15N3O2S. The van der Waals surface area contributed by atoms with Gasteiger partial charge in [-0.15, -0.1) is 11.3 Å². The Kier molecular flexibility index (Phi) is 2.81. The van der Waals surface area contributed by atoms with Gasteiger partial charge in [0.1, 0.15) is 6.04 Å². The summed E-state index contributed by atoms with van der Waals surface area (Å²) in [6.45, 7) is 2.60. The molecule has 0 bridgehead atoms. The van der Waals surface area contributed by atoms with E-state index in [2.05, 4.69) is 10.3 Å². The summed E-state index contributed by atoms with van der Waals surface area (Å²) < 4.78 is 0. The lowest BCUT2D eigenvalue weighted by Crippen LogP contribution is -2.58. The molecular weight excluding hydrogens is 250 g/mol. The Hall–Kier alpha value is -1.43. The van der Waals surface area contributed by atoms with E-state index in [0.29, 0.717) is 12.5 Å². The fourth-order valence-corrected chi connectivity index (χ4v) is 3.09. The molecule has 2 amide bonds. The highest BCUT2D eigenvalue weighted by atomic mass is 32.1. The number of piperazine rings is 1. The van der Waals surface area contributed by atoms with E-state index in [9.17, 15) is 9.59 Å². The molecule has 1 N–H and O–H groups in total. The zero-order chi connectivity index (χ0) is 12.7. The van der Waals surface area contributed by atoms with Crippen molar-refractivity contribution in [2.75, 3.05) is 6.54 Å². The highest BCUT2D eigenvalue weighted by Gasteiger charge is 2.42. The fraction of sp³-hybridized carbons (Fsp3) is 0.583. The normalized spacial score (nSPS) is 24.3. The predicted octanol–water partition coefficient (Wildman–Crippen LogP) is 0.689. The standard InChI is InChI=1S/C12H15N3O2S/c1-7-13-4-9(18-7)5-15-6-10(16)14-11(12(15)17)8-2-3-8/h4,8,11H,2-3,5-6H2,1H3,(H,14,16). The minimum absolute atomic E-state index is 0.0484. The van der Waals surface area contributed by atoms with Crippen molar-refractivity contribution in [3.05, 3.63) is 16.1 Å². The highest BCUT2D eigenvalue weighted by molar-refractivity contribution is 7.11. The summed E-state index contributed by atoms with van der Waals surface area (Å²) in [5.74, 6) is 0.364. The second-order valence-electron chi connectivity index (χ2n) is 4.92. The van der Waals surface area contributed by atoms with Crippen molar-refractivity contribution in [2.24, 2.45) is 5.92 Å². The predicted molar refractivity (Wildman–Crippen MR) is 66.9 cm³/mol. The lowest BCUT2D eigenvalue weighted by molar-refractivity contribution is -0.145. The number of hydrogen-bond acceptors (Lipinski definition) is 4. The van der Waals surface area contributed by atoms with Gasteiger partial charge in [-0.3, -0.25) is 9.59 Å². The minimum Gasteiger partial charge on any atom is -0.342 e. The molecule has 1 saturated heterocycles. The van der Waals surface area contributed by atoms with Crippen molar-refractivity contribution in [2.45, 2.75) is 32.4 Å². The molecule has 1 saturated carbocycles. The summed E-state index contributed by atoms with van der Waals surface area (Å²) >= 11 is 1.57. The zero-order valence-electron chi connectivity index (χ0n) is 10.2. The Morgan fingerprint density at radius 3 is 2.89 bits per heavy atom. The molecule has 0 spiro atoms. The van der Waals surface area contributed by atoms with E-state index in [1.807, 2.05) is 6.92 Å². The van der Waals surface area contributed by atoms with Crippen LogP contribution < -0.4 is 5.32 Å². The number of hydrogen-bond donors (Lipinski definition) is 1. The monoisotopic (exact) mass is 265 g/mol. The van der Waals surface area contributed by atoms with Crippen molar-refractivity contribution in [3.63, 3.8) is 0 Å². The van der Waals surface area contributed by atoms with Crippen LogP contribution in [0, 0.1) is 12.8 Å². The van der Waals surface area contributed by atoms with Crippen molar-refractivity contribution in [1.82, 2.24) is 15.2 Å². The topological polar surface area (TPSA) is 62.3 Å². The van der Waals surface area contributed by atoms with Gasteiger partial charge in [-0.1, -0.05) is 0 Å². The number of thiazole rings is 1. The number of carbonyl (C=O) groups is 2. The largest absolute Gasteiger partial charge is 0.342 e. The van der Waals surface area contributed by atoms with Crippen LogP contribution in [0.3, 0.4) is 0 Å². The van der Waals surface area contributed by atoms with Gasteiger partial charge in [-0.2, -0.15) is 0 Å². The number of nitrogens with zero attached hydrogens (tertiary/aromatic N) is 2. The Bertz CT molecular complexity index is 495. The van der Waals surface area contributed by atoms with Gasteiger partial charge in [0.05, 0.1) is 18.1 Å². The zero-order valence-corrected chi connectivity index (χ0v) is 11.0. The lowest BCUT2D eigenvalue weighted by Gasteiger charge is -2.32. The van der Waals surface area contributed by atoms with Gasteiger partial charge in [0.15, 0.2) is 0 Å².